The fourth-order valence-corrected chi connectivity index (χ4v) is 4.13. The van der Waals surface area contributed by atoms with Gasteiger partial charge in [0.15, 0.2) is 0 Å². The molecular formula is C16H24N4S. The van der Waals surface area contributed by atoms with Crippen LogP contribution in [0.3, 0.4) is 0 Å². The zero-order chi connectivity index (χ0) is 15.0. The van der Waals surface area contributed by atoms with Gasteiger partial charge in [0.25, 0.3) is 0 Å². The third-order valence-corrected chi connectivity index (χ3v) is 5.74. The lowest BCUT2D eigenvalue weighted by atomic mass is 9.87. The second kappa shape index (κ2) is 5.79. The van der Waals surface area contributed by atoms with Gasteiger partial charge in [0.05, 0.1) is 5.39 Å². The molecule has 1 aliphatic rings. The Labute approximate surface area is 130 Å². The highest BCUT2D eigenvalue weighted by atomic mass is 32.1. The number of piperidine rings is 1. The lowest BCUT2D eigenvalue weighted by Crippen LogP contribution is -2.36. The number of fused-ring (bicyclic) bond motifs is 1. The number of hydrogen-bond donors (Lipinski definition) is 1. The second-order valence-electron chi connectivity index (χ2n) is 6.26. The molecule has 21 heavy (non-hydrogen) atoms. The number of anilines is 2. The largest absolute Gasteiger partial charge is 0.368 e. The van der Waals surface area contributed by atoms with Crippen LogP contribution in [-0.4, -0.2) is 23.1 Å². The molecule has 0 unspecified atom stereocenters. The Kier molecular flexibility index (Phi) is 4.02. The second-order valence-corrected chi connectivity index (χ2v) is 7.37. The minimum absolute atomic E-state index is 0.396. The monoisotopic (exact) mass is 304 g/mol. The standard InChI is InChI=1S/C16H24N4S/c1-4-12-9-13-14(18-16(17)19-15(13)21-12)20-7-5-11(6-8-20)10(2)3/h9-11H,4-8H2,1-3H3,(H2,17,18,19). The van der Waals surface area contributed by atoms with Gasteiger partial charge in [-0.05, 0) is 37.2 Å². The molecule has 0 aromatic carbocycles. The zero-order valence-electron chi connectivity index (χ0n) is 13.1. The Hall–Kier alpha value is -1.36. The number of rotatable bonds is 3. The van der Waals surface area contributed by atoms with Crippen LogP contribution in [0.25, 0.3) is 10.2 Å². The van der Waals surface area contributed by atoms with Crippen LogP contribution in [0.1, 0.15) is 38.5 Å². The van der Waals surface area contributed by atoms with Crippen LogP contribution in [0.15, 0.2) is 6.07 Å². The van der Waals surface area contributed by atoms with Crippen molar-refractivity contribution in [3.63, 3.8) is 0 Å². The number of nitrogens with two attached hydrogens (primary N) is 1. The van der Waals surface area contributed by atoms with Crippen molar-refractivity contribution in [3.05, 3.63) is 10.9 Å². The molecule has 3 rings (SSSR count). The van der Waals surface area contributed by atoms with Gasteiger partial charge in [-0.2, -0.15) is 4.98 Å². The van der Waals surface area contributed by atoms with Crippen molar-refractivity contribution >= 4 is 33.3 Å². The lowest BCUT2D eigenvalue weighted by Gasteiger charge is -2.34. The summed E-state index contributed by atoms with van der Waals surface area (Å²) in [6, 6.07) is 2.24. The Balaban J connectivity index is 1.91. The molecule has 2 aromatic heterocycles. The van der Waals surface area contributed by atoms with Crippen molar-refractivity contribution in [2.45, 2.75) is 40.0 Å². The van der Waals surface area contributed by atoms with Gasteiger partial charge in [0.2, 0.25) is 5.95 Å². The molecule has 4 nitrogen and oxygen atoms in total. The number of hydrogen-bond acceptors (Lipinski definition) is 5. The first kappa shape index (κ1) is 14.6. The Bertz CT molecular complexity index is 626. The van der Waals surface area contributed by atoms with Gasteiger partial charge in [-0.25, -0.2) is 4.98 Å². The van der Waals surface area contributed by atoms with E-state index in [0.29, 0.717) is 5.95 Å². The summed E-state index contributed by atoms with van der Waals surface area (Å²) in [4.78, 5) is 13.7. The molecule has 1 fully saturated rings. The Morgan fingerprint density at radius 2 is 2.05 bits per heavy atom. The first-order valence-electron chi connectivity index (χ1n) is 7.89. The predicted molar refractivity (Wildman–Crippen MR) is 91.0 cm³/mol. The van der Waals surface area contributed by atoms with Crippen LogP contribution >= 0.6 is 11.3 Å². The van der Waals surface area contributed by atoms with Crippen LogP contribution in [-0.2, 0) is 6.42 Å². The summed E-state index contributed by atoms with van der Waals surface area (Å²) in [7, 11) is 0. The maximum atomic E-state index is 5.92. The Morgan fingerprint density at radius 1 is 1.33 bits per heavy atom. The van der Waals surface area contributed by atoms with E-state index in [1.165, 1.54) is 23.1 Å². The molecule has 0 spiro atoms. The van der Waals surface area contributed by atoms with E-state index in [9.17, 15) is 0 Å². The first-order chi connectivity index (χ1) is 10.1. The first-order valence-corrected chi connectivity index (χ1v) is 8.71. The van der Waals surface area contributed by atoms with Crippen molar-refractivity contribution < 1.29 is 0 Å². The summed E-state index contributed by atoms with van der Waals surface area (Å²) < 4.78 is 0. The number of nitrogen functional groups attached to an aromatic ring is 1. The van der Waals surface area contributed by atoms with Crippen molar-refractivity contribution in [1.29, 1.82) is 0 Å². The fourth-order valence-electron chi connectivity index (χ4n) is 3.17. The molecule has 1 aliphatic heterocycles. The van der Waals surface area contributed by atoms with E-state index in [1.54, 1.807) is 11.3 Å². The van der Waals surface area contributed by atoms with Gasteiger partial charge >= 0.3 is 0 Å². The van der Waals surface area contributed by atoms with E-state index in [4.69, 9.17) is 5.73 Å². The molecule has 0 atom stereocenters. The van der Waals surface area contributed by atoms with Crippen molar-refractivity contribution in [2.24, 2.45) is 11.8 Å². The molecule has 0 saturated carbocycles. The molecule has 2 N–H and O–H groups in total. The van der Waals surface area contributed by atoms with Crippen molar-refractivity contribution in [3.8, 4) is 0 Å². The van der Waals surface area contributed by atoms with E-state index in [-0.39, 0.29) is 0 Å². The third-order valence-electron chi connectivity index (χ3n) is 4.57. The smallest absolute Gasteiger partial charge is 0.223 e. The lowest BCUT2D eigenvalue weighted by molar-refractivity contribution is 0.311. The molecule has 2 aromatic rings. The topological polar surface area (TPSA) is 55.0 Å². The van der Waals surface area contributed by atoms with Crippen LogP contribution in [0, 0.1) is 11.8 Å². The molecule has 0 aliphatic carbocycles. The molecular weight excluding hydrogens is 280 g/mol. The van der Waals surface area contributed by atoms with E-state index >= 15 is 0 Å². The highest BCUT2D eigenvalue weighted by Crippen LogP contribution is 2.34. The predicted octanol–water partition coefficient (Wildman–Crippen LogP) is 3.71. The summed E-state index contributed by atoms with van der Waals surface area (Å²) in [5.74, 6) is 3.05. The number of thiophene rings is 1. The van der Waals surface area contributed by atoms with Crippen LogP contribution in [0.2, 0.25) is 0 Å². The number of aromatic nitrogens is 2. The molecule has 5 heteroatoms. The summed E-state index contributed by atoms with van der Waals surface area (Å²) in [5.41, 5.74) is 5.92. The normalized spacial score (nSPS) is 17.0. The molecule has 0 radical (unpaired) electrons. The molecule has 1 saturated heterocycles. The molecule has 114 valence electrons. The average Bonchev–Trinajstić information content (AvgIpc) is 2.89. The van der Waals surface area contributed by atoms with Crippen LogP contribution in [0.5, 0.6) is 0 Å². The van der Waals surface area contributed by atoms with Gasteiger partial charge < -0.3 is 10.6 Å². The van der Waals surface area contributed by atoms with Gasteiger partial charge in [-0.1, -0.05) is 20.8 Å². The van der Waals surface area contributed by atoms with Crippen LogP contribution in [0.4, 0.5) is 11.8 Å². The molecule has 0 bridgehead atoms. The van der Waals surface area contributed by atoms with Gasteiger partial charge in [0, 0.05) is 18.0 Å². The zero-order valence-corrected chi connectivity index (χ0v) is 13.9. The fraction of sp³-hybridized carbons (Fsp3) is 0.625. The summed E-state index contributed by atoms with van der Waals surface area (Å²) in [6.45, 7) is 8.98. The highest BCUT2D eigenvalue weighted by Gasteiger charge is 2.24. The van der Waals surface area contributed by atoms with Gasteiger partial charge in [0.1, 0.15) is 10.6 Å². The summed E-state index contributed by atoms with van der Waals surface area (Å²) in [6.07, 6.45) is 3.53. The molecule has 3 heterocycles. The maximum Gasteiger partial charge on any atom is 0.223 e. The van der Waals surface area contributed by atoms with E-state index in [0.717, 1.165) is 42.0 Å². The van der Waals surface area contributed by atoms with Crippen LogP contribution < -0.4 is 10.6 Å². The number of nitrogens with zero attached hydrogens (tertiary/aromatic N) is 3. The SMILES string of the molecule is CCc1cc2c(N3CCC(C(C)C)CC3)nc(N)nc2s1. The molecule has 0 amide bonds. The minimum Gasteiger partial charge on any atom is -0.368 e. The quantitative estimate of drug-likeness (QED) is 0.939. The third kappa shape index (κ3) is 2.84. The maximum absolute atomic E-state index is 5.92. The van der Waals surface area contributed by atoms with Crippen molar-refractivity contribution in [1.82, 2.24) is 9.97 Å². The highest BCUT2D eigenvalue weighted by molar-refractivity contribution is 7.18. The van der Waals surface area contributed by atoms with Gasteiger partial charge in [-0.3, -0.25) is 0 Å². The number of aryl methyl sites for hydroxylation is 1. The Morgan fingerprint density at radius 3 is 2.67 bits per heavy atom. The average molecular weight is 304 g/mol. The van der Waals surface area contributed by atoms with E-state index < -0.39 is 0 Å². The summed E-state index contributed by atoms with van der Waals surface area (Å²) >= 11 is 1.74. The van der Waals surface area contributed by atoms with E-state index in [2.05, 4.69) is 41.7 Å². The van der Waals surface area contributed by atoms with E-state index in [1.807, 2.05) is 0 Å². The minimum atomic E-state index is 0.396. The van der Waals surface area contributed by atoms with Gasteiger partial charge in [-0.15, -0.1) is 11.3 Å². The van der Waals surface area contributed by atoms with Crippen molar-refractivity contribution in [2.75, 3.05) is 23.7 Å². The summed E-state index contributed by atoms with van der Waals surface area (Å²) in [5, 5.41) is 1.18.